The SMILES string of the molecule is COc1cc(/C=C/C(=O)OCC(=O)N(C)Cc2ccccc2)cc(OC)c1. The first-order valence-corrected chi connectivity index (χ1v) is 8.37. The van der Waals surface area contributed by atoms with Crippen molar-refractivity contribution in [3.63, 3.8) is 0 Å². The summed E-state index contributed by atoms with van der Waals surface area (Å²) in [4.78, 5) is 25.5. The fourth-order valence-electron chi connectivity index (χ4n) is 2.33. The molecule has 0 radical (unpaired) electrons. The molecular weight excluding hydrogens is 346 g/mol. The van der Waals surface area contributed by atoms with Gasteiger partial charge in [0.05, 0.1) is 14.2 Å². The van der Waals surface area contributed by atoms with Crippen molar-refractivity contribution in [2.75, 3.05) is 27.9 Å². The van der Waals surface area contributed by atoms with Gasteiger partial charge in [-0.05, 0) is 29.3 Å². The molecule has 6 nitrogen and oxygen atoms in total. The molecule has 0 heterocycles. The van der Waals surface area contributed by atoms with Gasteiger partial charge in [-0.15, -0.1) is 0 Å². The summed E-state index contributed by atoms with van der Waals surface area (Å²) in [5.74, 6) is 0.349. The maximum Gasteiger partial charge on any atom is 0.331 e. The van der Waals surface area contributed by atoms with E-state index in [1.54, 1.807) is 45.5 Å². The first-order chi connectivity index (χ1) is 13.0. The van der Waals surface area contributed by atoms with E-state index < -0.39 is 5.97 Å². The number of likely N-dealkylation sites (N-methyl/N-ethyl adjacent to an activating group) is 1. The zero-order valence-corrected chi connectivity index (χ0v) is 15.7. The van der Waals surface area contributed by atoms with Crippen molar-refractivity contribution in [3.8, 4) is 11.5 Å². The second-order valence-electron chi connectivity index (χ2n) is 5.82. The third-order valence-corrected chi connectivity index (χ3v) is 3.81. The normalized spacial score (nSPS) is 10.5. The number of hydrogen-bond acceptors (Lipinski definition) is 5. The molecule has 2 aromatic carbocycles. The quantitative estimate of drug-likeness (QED) is 0.529. The number of benzene rings is 2. The molecule has 0 saturated carbocycles. The number of esters is 1. The van der Waals surface area contributed by atoms with Crippen molar-refractivity contribution in [1.29, 1.82) is 0 Å². The van der Waals surface area contributed by atoms with E-state index in [4.69, 9.17) is 14.2 Å². The predicted octanol–water partition coefficient (Wildman–Crippen LogP) is 2.92. The van der Waals surface area contributed by atoms with Gasteiger partial charge in [-0.2, -0.15) is 0 Å². The summed E-state index contributed by atoms with van der Waals surface area (Å²) in [6.45, 7) is 0.143. The fourth-order valence-corrected chi connectivity index (χ4v) is 2.33. The maximum atomic E-state index is 12.1. The Bertz CT molecular complexity index is 779. The molecule has 0 atom stereocenters. The molecule has 0 aliphatic rings. The van der Waals surface area contributed by atoms with E-state index in [1.807, 2.05) is 30.3 Å². The molecule has 0 aliphatic carbocycles. The van der Waals surface area contributed by atoms with E-state index in [0.717, 1.165) is 11.1 Å². The van der Waals surface area contributed by atoms with E-state index in [-0.39, 0.29) is 12.5 Å². The molecule has 0 spiro atoms. The van der Waals surface area contributed by atoms with Crippen LogP contribution in [0.25, 0.3) is 6.08 Å². The van der Waals surface area contributed by atoms with E-state index in [1.165, 1.54) is 11.0 Å². The number of rotatable bonds is 8. The topological polar surface area (TPSA) is 65.1 Å². The molecule has 142 valence electrons. The van der Waals surface area contributed by atoms with Crippen LogP contribution in [0, 0.1) is 0 Å². The molecule has 0 bridgehead atoms. The molecule has 27 heavy (non-hydrogen) atoms. The fraction of sp³-hybridized carbons (Fsp3) is 0.238. The Morgan fingerprint density at radius 3 is 2.22 bits per heavy atom. The summed E-state index contributed by atoms with van der Waals surface area (Å²) in [5.41, 5.74) is 1.72. The number of hydrogen-bond donors (Lipinski definition) is 0. The van der Waals surface area contributed by atoms with Crippen LogP contribution in [0.2, 0.25) is 0 Å². The summed E-state index contributed by atoms with van der Waals surface area (Å²) in [6.07, 6.45) is 2.84. The maximum absolute atomic E-state index is 12.1. The third-order valence-electron chi connectivity index (χ3n) is 3.81. The van der Waals surface area contributed by atoms with E-state index >= 15 is 0 Å². The standard InChI is InChI=1S/C21H23NO5/c1-22(14-16-7-5-4-6-8-16)20(23)15-27-21(24)10-9-17-11-18(25-2)13-19(12-17)26-3/h4-13H,14-15H2,1-3H3/b10-9+. The zero-order valence-electron chi connectivity index (χ0n) is 15.7. The first-order valence-electron chi connectivity index (χ1n) is 8.37. The number of amides is 1. The van der Waals surface area contributed by atoms with Gasteiger partial charge in [0, 0.05) is 25.7 Å². The number of carbonyl (C=O) groups is 2. The molecule has 2 aromatic rings. The number of nitrogens with zero attached hydrogens (tertiary/aromatic N) is 1. The number of methoxy groups -OCH3 is 2. The van der Waals surface area contributed by atoms with Gasteiger partial charge in [0.25, 0.3) is 5.91 Å². The Kier molecular flexibility index (Phi) is 7.43. The van der Waals surface area contributed by atoms with Gasteiger partial charge in [0.15, 0.2) is 6.61 Å². The number of carbonyl (C=O) groups excluding carboxylic acids is 2. The molecule has 0 unspecified atom stereocenters. The Morgan fingerprint density at radius 2 is 1.63 bits per heavy atom. The zero-order chi connectivity index (χ0) is 19.6. The Balaban J connectivity index is 1.86. The van der Waals surface area contributed by atoms with Crippen molar-refractivity contribution in [2.45, 2.75) is 6.54 Å². The van der Waals surface area contributed by atoms with Crippen molar-refractivity contribution >= 4 is 18.0 Å². The lowest BCUT2D eigenvalue weighted by Gasteiger charge is -2.16. The van der Waals surface area contributed by atoms with Crippen LogP contribution in [0.5, 0.6) is 11.5 Å². The monoisotopic (exact) mass is 369 g/mol. The second kappa shape index (κ2) is 10.0. The van der Waals surface area contributed by atoms with Gasteiger partial charge in [-0.3, -0.25) is 4.79 Å². The lowest BCUT2D eigenvalue weighted by molar-refractivity contribution is -0.147. The second-order valence-corrected chi connectivity index (χ2v) is 5.82. The molecule has 0 aliphatic heterocycles. The number of ether oxygens (including phenoxy) is 3. The molecule has 1 amide bonds. The lowest BCUT2D eigenvalue weighted by atomic mass is 10.2. The highest BCUT2D eigenvalue weighted by Gasteiger charge is 2.11. The van der Waals surface area contributed by atoms with Crippen LogP contribution in [0.4, 0.5) is 0 Å². The summed E-state index contributed by atoms with van der Waals surface area (Å²) < 4.78 is 15.4. The van der Waals surface area contributed by atoms with Gasteiger partial charge < -0.3 is 19.1 Å². The largest absolute Gasteiger partial charge is 0.497 e. The van der Waals surface area contributed by atoms with Crippen molar-refractivity contribution < 1.29 is 23.8 Å². The van der Waals surface area contributed by atoms with Gasteiger partial charge in [-0.25, -0.2) is 4.79 Å². The van der Waals surface area contributed by atoms with Crippen LogP contribution in [-0.2, 0) is 20.9 Å². The van der Waals surface area contributed by atoms with Crippen molar-refractivity contribution in [3.05, 3.63) is 65.7 Å². The Labute approximate surface area is 159 Å². The highest BCUT2D eigenvalue weighted by molar-refractivity contribution is 5.89. The molecule has 0 fully saturated rings. The predicted molar refractivity (Wildman–Crippen MR) is 102 cm³/mol. The first kappa shape index (κ1) is 20.0. The third kappa shape index (κ3) is 6.51. The van der Waals surface area contributed by atoms with Crippen molar-refractivity contribution in [2.24, 2.45) is 0 Å². The van der Waals surface area contributed by atoms with Gasteiger partial charge in [0.2, 0.25) is 0 Å². The molecule has 6 heteroatoms. The minimum Gasteiger partial charge on any atom is -0.497 e. The highest BCUT2D eigenvalue weighted by Crippen LogP contribution is 2.23. The molecule has 0 N–H and O–H groups in total. The van der Waals surface area contributed by atoms with Gasteiger partial charge >= 0.3 is 5.97 Å². The van der Waals surface area contributed by atoms with Gasteiger partial charge in [0.1, 0.15) is 11.5 Å². The minimum atomic E-state index is -0.599. The van der Waals surface area contributed by atoms with Crippen LogP contribution in [0.3, 0.4) is 0 Å². The Hall–Kier alpha value is -3.28. The summed E-state index contributed by atoms with van der Waals surface area (Å²) in [7, 11) is 4.77. The summed E-state index contributed by atoms with van der Waals surface area (Å²) in [5, 5.41) is 0. The highest BCUT2D eigenvalue weighted by atomic mass is 16.5. The summed E-state index contributed by atoms with van der Waals surface area (Å²) in [6, 6.07) is 14.8. The van der Waals surface area contributed by atoms with E-state index in [0.29, 0.717) is 18.0 Å². The average Bonchev–Trinajstić information content (AvgIpc) is 2.70. The molecule has 2 rings (SSSR count). The van der Waals surface area contributed by atoms with Gasteiger partial charge in [-0.1, -0.05) is 30.3 Å². The van der Waals surface area contributed by atoms with Crippen LogP contribution in [0.1, 0.15) is 11.1 Å². The smallest absolute Gasteiger partial charge is 0.331 e. The van der Waals surface area contributed by atoms with Crippen LogP contribution >= 0.6 is 0 Å². The average molecular weight is 369 g/mol. The summed E-state index contributed by atoms with van der Waals surface area (Å²) >= 11 is 0. The van der Waals surface area contributed by atoms with Crippen LogP contribution in [-0.4, -0.2) is 44.7 Å². The van der Waals surface area contributed by atoms with E-state index in [9.17, 15) is 9.59 Å². The lowest BCUT2D eigenvalue weighted by Crippen LogP contribution is -2.30. The molecule has 0 aromatic heterocycles. The van der Waals surface area contributed by atoms with Crippen LogP contribution in [0.15, 0.2) is 54.6 Å². The minimum absolute atomic E-state index is 0.274. The molecular formula is C21H23NO5. The van der Waals surface area contributed by atoms with E-state index in [2.05, 4.69) is 0 Å². The Morgan fingerprint density at radius 1 is 1.00 bits per heavy atom. The van der Waals surface area contributed by atoms with Crippen molar-refractivity contribution in [1.82, 2.24) is 4.90 Å². The van der Waals surface area contributed by atoms with Crippen LogP contribution < -0.4 is 9.47 Å². The molecule has 0 saturated heterocycles.